The molecule has 1 aromatic heterocycles. The summed E-state index contributed by atoms with van der Waals surface area (Å²) in [5.41, 5.74) is 2.56. The molecule has 0 amide bonds. The van der Waals surface area contributed by atoms with Gasteiger partial charge in [0.25, 0.3) is 0 Å². The van der Waals surface area contributed by atoms with Gasteiger partial charge >= 0.3 is 6.16 Å². The van der Waals surface area contributed by atoms with Crippen molar-refractivity contribution in [2.45, 2.75) is 19.4 Å². The molecule has 0 unspecified atom stereocenters. The third kappa shape index (κ3) is 3.62. The van der Waals surface area contributed by atoms with Crippen molar-refractivity contribution in [3.8, 4) is 5.06 Å². The molecule has 1 aliphatic rings. The van der Waals surface area contributed by atoms with Crippen molar-refractivity contribution in [1.29, 1.82) is 0 Å². The minimum absolute atomic E-state index is 0.490. The summed E-state index contributed by atoms with van der Waals surface area (Å²) in [5.74, 6) is 0. The van der Waals surface area contributed by atoms with Crippen LogP contribution in [0.15, 0.2) is 36.4 Å². The van der Waals surface area contributed by atoms with Gasteiger partial charge in [-0.1, -0.05) is 30.3 Å². The highest BCUT2D eigenvalue weighted by atomic mass is 32.1. The summed E-state index contributed by atoms with van der Waals surface area (Å²) >= 11 is 1.46. The van der Waals surface area contributed by atoms with E-state index >= 15 is 0 Å². The quantitative estimate of drug-likeness (QED) is 0.883. The summed E-state index contributed by atoms with van der Waals surface area (Å²) in [7, 11) is 0. The Bertz CT molecular complexity index is 598. The van der Waals surface area contributed by atoms with Gasteiger partial charge in [-0.15, -0.1) is 11.3 Å². The Balaban J connectivity index is 1.63. The molecular formula is C16H17NO3S. The van der Waals surface area contributed by atoms with Crippen LogP contribution in [0.4, 0.5) is 4.79 Å². The Morgan fingerprint density at radius 1 is 1.24 bits per heavy atom. The first kappa shape index (κ1) is 14.1. The highest BCUT2D eigenvalue weighted by Gasteiger charge is 2.18. The first-order valence-electron chi connectivity index (χ1n) is 6.99. The SMILES string of the molecule is O=C(O)Oc1cc2c(s1)CCN(Cc1ccccc1)CC2. The van der Waals surface area contributed by atoms with E-state index in [0.29, 0.717) is 5.06 Å². The Morgan fingerprint density at radius 3 is 2.76 bits per heavy atom. The maximum Gasteiger partial charge on any atom is 0.512 e. The van der Waals surface area contributed by atoms with E-state index in [1.165, 1.54) is 27.3 Å². The molecule has 0 radical (unpaired) electrons. The zero-order valence-corrected chi connectivity index (χ0v) is 12.4. The van der Waals surface area contributed by atoms with Crippen LogP contribution in [-0.4, -0.2) is 29.3 Å². The number of thiophene rings is 1. The molecule has 1 N–H and O–H groups in total. The lowest BCUT2D eigenvalue weighted by Gasteiger charge is -2.19. The van der Waals surface area contributed by atoms with Crippen LogP contribution in [0.2, 0.25) is 0 Å². The lowest BCUT2D eigenvalue weighted by atomic mass is 10.2. The van der Waals surface area contributed by atoms with Crippen LogP contribution < -0.4 is 4.74 Å². The number of fused-ring (bicyclic) bond motifs is 1. The summed E-state index contributed by atoms with van der Waals surface area (Å²) in [6.45, 7) is 2.95. The molecular weight excluding hydrogens is 286 g/mol. The molecule has 0 fully saturated rings. The van der Waals surface area contributed by atoms with Crippen molar-refractivity contribution in [3.63, 3.8) is 0 Å². The number of nitrogens with zero attached hydrogens (tertiary/aromatic N) is 1. The molecule has 4 nitrogen and oxygen atoms in total. The van der Waals surface area contributed by atoms with Gasteiger partial charge in [0, 0.05) is 24.5 Å². The Hall–Kier alpha value is -1.85. The third-order valence-corrected chi connectivity index (χ3v) is 4.78. The standard InChI is InChI=1S/C16H17NO3S/c18-16(19)20-15-10-13-6-8-17(9-7-14(13)21-15)11-12-4-2-1-3-5-12/h1-5,10H,6-9,11H2,(H,18,19). The number of hydrogen-bond acceptors (Lipinski definition) is 4. The number of ether oxygens (including phenoxy) is 1. The zero-order valence-electron chi connectivity index (χ0n) is 11.6. The number of carbonyl (C=O) groups is 1. The van der Waals surface area contributed by atoms with E-state index in [-0.39, 0.29) is 0 Å². The smallest absolute Gasteiger partial charge is 0.449 e. The predicted molar refractivity (Wildman–Crippen MR) is 82.1 cm³/mol. The Morgan fingerprint density at radius 2 is 2.00 bits per heavy atom. The van der Waals surface area contributed by atoms with Gasteiger partial charge in [0.1, 0.15) is 0 Å². The van der Waals surface area contributed by atoms with Gasteiger partial charge in [0.2, 0.25) is 0 Å². The van der Waals surface area contributed by atoms with Crippen molar-refractivity contribution < 1.29 is 14.6 Å². The minimum Gasteiger partial charge on any atom is -0.449 e. The third-order valence-electron chi connectivity index (χ3n) is 3.66. The molecule has 0 saturated heterocycles. The van der Waals surface area contributed by atoms with Crippen LogP contribution in [0.25, 0.3) is 0 Å². The molecule has 5 heteroatoms. The largest absolute Gasteiger partial charge is 0.512 e. The molecule has 0 atom stereocenters. The predicted octanol–water partition coefficient (Wildman–Crippen LogP) is 3.41. The fraction of sp³-hybridized carbons (Fsp3) is 0.312. The number of carboxylic acid groups (broad SMARTS) is 1. The van der Waals surface area contributed by atoms with Crippen LogP contribution in [0.3, 0.4) is 0 Å². The maximum atomic E-state index is 10.6. The summed E-state index contributed by atoms with van der Waals surface area (Å²) in [5, 5.41) is 9.16. The van der Waals surface area contributed by atoms with Gasteiger partial charge < -0.3 is 9.84 Å². The Labute approximate surface area is 127 Å². The average molecular weight is 303 g/mol. The van der Waals surface area contributed by atoms with Crippen LogP contribution in [0.5, 0.6) is 5.06 Å². The number of rotatable bonds is 3. The van der Waals surface area contributed by atoms with Gasteiger partial charge in [-0.05, 0) is 30.0 Å². The zero-order chi connectivity index (χ0) is 14.7. The molecule has 110 valence electrons. The van der Waals surface area contributed by atoms with E-state index in [1.54, 1.807) is 0 Å². The summed E-state index contributed by atoms with van der Waals surface area (Å²) < 4.78 is 4.75. The number of benzene rings is 1. The number of hydrogen-bond donors (Lipinski definition) is 1. The van der Waals surface area contributed by atoms with E-state index in [4.69, 9.17) is 9.84 Å². The van der Waals surface area contributed by atoms with Crippen molar-refractivity contribution in [3.05, 3.63) is 52.4 Å². The molecule has 3 rings (SSSR count). The van der Waals surface area contributed by atoms with E-state index < -0.39 is 6.16 Å². The molecule has 0 saturated carbocycles. The lowest BCUT2D eigenvalue weighted by molar-refractivity contribution is 0.146. The van der Waals surface area contributed by atoms with Crippen molar-refractivity contribution >= 4 is 17.5 Å². The van der Waals surface area contributed by atoms with E-state index in [1.807, 2.05) is 12.1 Å². The van der Waals surface area contributed by atoms with Gasteiger partial charge in [-0.2, -0.15) is 0 Å². The lowest BCUT2D eigenvalue weighted by Crippen LogP contribution is -2.25. The minimum atomic E-state index is -1.24. The van der Waals surface area contributed by atoms with E-state index in [2.05, 4.69) is 29.2 Å². The molecule has 0 spiro atoms. The van der Waals surface area contributed by atoms with Gasteiger partial charge in [0.05, 0.1) is 0 Å². The van der Waals surface area contributed by atoms with Crippen LogP contribution in [-0.2, 0) is 19.4 Å². The second-order valence-electron chi connectivity index (χ2n) is 5.14. The van der Waals surface area contributed by atoms with Crippen molar-refractivity contribution in [1.82, 2.24) is 4.90 Å². The van der Waals surface area contributed by atoms with E-state index in [9.17, 15) is 4.79 Å². The second kappa shape index (κ2) is 6.28. The summed E-state index contributed by atoms with van der Waals surface area (Å²) in [6, 6.07) is 12.4. The Kier molecular flexibility index (Phi) is 4.22. The molecule has 2 aromatic rings. The fourth-order valence-corrected chi connectivity index (χ4v) is 3.69. The van der Waals surface area contributed by atoms with Gasteiger partial charge in [0.15, 0.2) is 5.06 Å². The highest BCUT2D eigenvalue weighted by molar-refractivity contribution is 7.14. The first-order chi connectivity index (χ1) is 10.2. The van der Waals surface area contributed by atoms with Crippen LogP contribution >= 0.6 is 11.3 Å². The van der Waals surface area contributed by atoms with Gasteiger partial charge in [-0.3, -0.25) is 4.90 Å². The monoisotopic (exact) mass is 303 g/mol. The molecule has 2 heterocycles. The molecule has 1 aliphatic heterocycles. The van der Waals surface area contributed by atoms with Crippen LogP contribution in [0.1, 0.15) is 16.0 Å². The topological polar surface area (TPSA) is 49.8 Å². The molecule has 0 bridgehead atoms. The highest BCUT2D eigenvalue weighted by Crippen LogP contribution is 2.32. The maximum absolute atomic E-state index is 10.6. The van der Waals surface area contributed by atoms with Crippen molar-refractivity contribution in [2.24, 2.45) is 0 Å². The molecule has 0 aliphatic carbocycles. The fourth-order valence-electron chi connectivity index (χ4n) is 2.65. The van der Waals surface area contributed by atoms with Crippen molar-refractivity contribution in [2.75, 3.05) is 13.1 Å². The van der Waals surface area contributed by atoms with Gasteiger partial charge in [-0.25, -0.2) is 4.79 Å². The van der Waals surface area contributed by atoms with Crippen LogP contribution in [0, 0.1) is 0 Å². The average Bonchev–Trinajstić information content (AvgIpc) is 2.75. The first-order valence-corrected chi connectivity index (χ1v) is 7.81. The van der Waals surface area contributed by atoms with E-state index in [0.717, 1.165) is 32.5 Å². The normalized spacial score (nSPS) is 15.2. The molecule has 1 aromatic carbocycles. The summed E-state index contributed by atoms with van der Waals surface area (Å²) in [4.78, 5) is 14.3. The summed E-state index contributed by atoms with van der Waals surface area (Å²) in [6.07, 6.45) is 0.661. The second-order valence-corrected chi connectivity index (χ2v) is 6.24. The molecule has 21 heavy (non-hydrogen) atoms.